The molecule has 4 fully saturated rings. The van der Waals surface area contributed by atoms with E-state index in [1.807, 2.05) is 0 Å². The molecule has 6 heteroatoms. The van der Waals surface area contributed by atoms with Crippen molar-refractivity contribution >= 4 is 17.3 Å². The van der Waals surface area contributed by atoms with Crippen molar-refractivity contribution in [2.75, 3.05) is 19.8 Å². The lowest BCUT2D eigenvalue weighted by Crippen LogP contribution is -2.68. The molecule has 0 amide bonds. The molecule has 4 bridgehead atoms. The van der Waals surface area contributed by atoms with Crippen LogP contribution >= 0.6 is 0 Å². The zero-order valence-corrected chi connectivity index (χ0v) is 17.5. The van der Waals surface area contributed by atoms with Crippen LogP contribution in [0, 0.1) is 5.92 Å². The van der Waals surface area contributed by atoms with E-state index in [0.717, 1.165) is 38.5 Å². The van der Waals surface area contributed by atoms with Gasteiger partial charge < -0.3 is 14.2 Å². The van der Waals surface area contributed by atoms with E-state index in [1.165, 1.54) is 0 Å². The highest BCUT2D eigenvalue weighted by molar-refractivity contribution is 5.76. The van der Waals surface area contributed by atoms with E-state index >= 15 is 0 Å². The summed E-state index contributed by atoms with van der Waals surface area (Å²) in [6.07, 6.45) is 6.56. The Balaban J connectivity index is 1.75. The molecule has 0 aromatic heterocycles. The normalized spacial score (nSPS) is 35.9. The molecule has 0 aliphatic heterocycles. The van der Waals surface area contributed by atoms with E-state index in [9.17, 15) is 14.4 Å². The molecule has 0 unspecified atom stereocenters. The van der Waals surface area contributed by atoms with Crippen molar-refractivity contribution in [2.45, 2.75) is 95.4 Å². The fourth-order valence-electron chi connectivity index (χ4n) is 5.89. The summed E-state index contributed by atoms with van der Waals surface area (Å²) in [6.45, 7) is 6.03. The van der Waals surface area contributed by atoms with Crippen molar-refractivity contribution in [3.05, 3.63) is 0 Å². The molecule has 0 aromatic rings. The van der Waals surface area contributed by atoms with Gasteiger partial charge in [0.15, 0.2) is 0 Å². The summed E-state index contributed by atoms with van der Waals surface area (Å²) in [4.78, 5) is 34.1. The van der Waals surface area contributed by atoms with Crippen molar-refractivity contribution in [1.82, 2.24) is 0 Å². The Morgan fingerprint density at radius 3 is 1.18 bits per heavy atom. The van der Waals surface area contributed by atoms with E-state index in [0.29, 0.717) is 45.0 Å². The fourth-order valence-corrected chi connectivity index (χ4v) is 5.89. The van der Waals surface area contributed by atoms with Crippen LogP contribution in [0.25, 0.3) is 0 Å². The summed E-state index contributed by atoms with van der Waals surface area (Å²) in [6, 6.07) is 0. The molecule has 28 heavy (non-hydrogen) atoms. The van der Waals surface area contributed by atoms with E-state index in [-0.39, 0.29) is 34.2 Å². The van der Waals surface area contributed by atoms with E-state index < -0.39 is 0 Å². The number of ether oxygens (including phenoxy) is 3. The minimum atomic E-state index is -0.332. The lowest BCUT2D eigenvalue weighted by molar-refractivity contribution is -0.290. The molecule has 158 valence electrons. The second-order valence-corrected chi connectivity index (χ2v) is 9.46. The summed E-state index contributed by atoms with van der Waals surface area (Å²) in [5.74, 6) is 0.835. The van der Waals surface area contributed by atoms with Gasteiger partial charge in [-0.3, -0.25) is 14.4 Å². The summed E-state index contributed by atoms with van der Waals surface area (Å²) in [7, 11) is 0. The Morgan fingerprint density at radius 2 is 0.929 bits per heavy atom. The van der Waals surface area contributed by atoms with Gasteiger partial charge in [0.1, 0.15) is 17.3 Å². The van der Waals surface area contributed by atoms with Crippen molar-refractivity contribution in [2.24, 2.45) is 5.92 Å². The van der Waals surface area contributed by atoms with Gasteiger partial charge in [-0.05, 0) is 46.0 Å². The third kappa shape index (κ3) is 5.08. The van der Waals surface area contributed by atoms with Crippen molar-refractivity contribution in [3.8, 4) is 0 Å². The SMILES string of the molecule is CC(=O)CCOC12CC3CC(OCCC(C)=O)(C1)CC(OCCC(C)=O)(C3)C2. The second kappa shape index (κ2) is 8.33. The number of ketones is 3. The monoisotopic (exact) mass is 394 g/mol. The standard InChI is InChI=1S/C22H34O6/c1-16(23)4-7-26-20-10-19-11-21(13-20,27-8-5-17(2)24)15-22(12-19,14-20)28-9-6-18(3)25/h19H,4-15H2,1-3H3. The average molecular weight is 395 g/mol. The van der Waals surface area contributed by atoms with Crippen LogP contribution < -0.4 is 0 Å². The van der Waals surface area contributed by atoms with Gasteiger partial charge in [-0.15, -0.1) is 0 Å². The third-order valence-electron chi connectivity index (χ3n) is 6.50. The number of hydrogen-bond acceptors (Lipinski definition) is 6. The maximum atomic E-state index is 11.4. The van der Waals surface area contributed by atoms with Gasteiger partial charge in [0.2, 0.25) is 0 Å². The maximum absolute atomic E-state index is 11.4. The number of carbonyl (C=O) groups is 3. The van der Waals surface area contributed by atoms with Gasteiger partial charge in [0.05, 0.1) is 36.6 Å². The Labute approximate surface area is 167 Å². The van der Waals surface area contributed by atoms with Gasteiger partial charge >= 0.3 is 0 Å². The number of rotatable bonds is 12. The van der Waals surface area contributed by atoms with Crippen LogP contribution in [0.3, 0.4) is 0 Å². The molecule has 6 nitrogen and oxygen atoms in total. The average Bonchev–Trinajstić information content (AvgIpc) is 2.51. The molecule has 0 N–H and O–H groups in total. The summed E-state index contributed by atoms with van der Waals surface area (Å²) in [5.41, 5.74) is -0.996. The minimum Gasteiger partial charge on any atom is -0.374 e. The molecular weight excluding hydrogens is 360 g/mol. The van der Waals surface area contributed by atoms with Crippen molar-refractivity contribution < 1.29 is 28.6 Å². The lowest BCUT2D eigenvalue weighted by atomic mass is 9.50. The smallest absolute Gasteiger partial charge is 0.132 e. The number of Topliss-reactive ketones (excluding diaryl/α,β-unsaturated/α-hetero) is 3. The Kier molecular flexibility index (Phi) is 6.42. The van der Waals surface area contributed by atoms with Gasteiger partial charge in [-0.2, -0.15) is 0 Å². The summed E-state index contributed by atoms with van der Waals surface area (Å²) < 4.78 is 19.0. The molecule has 0 spiro atoms. The zero-order valence-electron chi connectivity index (χ0n) is 17.5. The maximum Gasteiger partial charge on any atom is 0.132 e. The van der Waals surface area contributed by atoms with Gasteiger partial charge in [0.25, 0.3) is 0 Å². The molecule has 0 radical (unpaired) electrons. The highest BCUT2D eigenvalue weighted by Crippen LogP contribution is 2.63. The first-order valence-electron chi connectivity index (χ1n) is 10.6. The topological polar surface area (TPSA) is 78.9 Å². The van der Waals surface area contributed by atoms with E-state index in [4.69, 9.17) is 14.2 Å². The molecule has 0 heterocycles. The van der Waals surface area contributed by atoms with Crippen molar-refractivity contribution in [1.29, 1.82) is 0 Å². The predicted molar refractivity (Wildman–Crippen MR) is 103 cm³/mol. The van der Waals surface area contributed by atoms with Crippen LogP contribution in [0.15, 0.2) is 0 Å². The Bertz CT molecular complexity index is 533. The molecule has 4 aliphatic carbocycles. The molecule has 4 rings (SSSR count). The first kappa shape index (κ1) is 21.6. The fraction of sp³-hybridized carbons (Fsp3) is 0.864. The predicted octanol–water partition coefficient (Wildman–Crippen LogP) is 3.19. The molecule has 4 aliphatic rings. The van der Waals surface area contributed by atoms with Gasteiger partial charge in [-0.1, -0.05) is 0 Å². The third-order valence-corrected chi connectivity index (χ3v) is 6.50. The first-order chi connectivity index (χ1) is 13.2. The highest BCUT2D eigenvalue weighted by Gasteiger charge is 2.65. The number of carbonyl (C=O) groups excluding carboxylic acids is 3. The molecular formula is C22H34O6. The zero-order chi connectivity index (χ0) is 20.4. The van der Waals surface area contributed by atoms with E-state index in [1.54, 1.807) is 20.8 Å². The molecule has 0 aromatic carbocycles. The summed E-state index contributed by atoms with van der Waals surface area (Å²) >= 11 is 0. The molecule has 0 atom stereocenters. The first-order valence-corrected chi connectivity index (χ1v) is 10.6. The van der Waals surface area contributed by atoms with Gasteiger partial charge in [-0.25, -0.2) is 0 Å². The van der Waals surface area contributed by atoms with Crippen LogP contribution in [0.1, 0.15) is 78.6 Å². The van der Waals surface area contributed by atoms with Gasteiger partial charge in [0, 0.05) is 38.5 Å². The van der Waals surface area contributed by atoms with Crippen LogP contribution in [-0.2, 0) is 28.6 Å². The quantitative estimate of drug-likeness (QED) is 0.506. The van der Waals surface area contributed by atoms with Crippen LogP contribution in [0.5, 0.6) is 0 Å². The largest absolute Gasteiger partial charge is 0.374 e. The minimum absolute atomic E-state index is 0.129. The lowest BCUT2D eigenvalue weighted by Gasteiger charge is -2.65. The Hall–Kier alpha value is -1.11. The molecule has 0 saturated heterocycles. The van der Waals surface area contributed by atoms with Crippen LogP contribution in [0.4, 0.5) is 0 Å². The van der Waals surface area contributed by atoms with Crippen LogP contribution in [0.2, 0.25) is 0 Å². The van der Waals surface area contributed by atoms with E-state index in [2.05, 4.69) is 0 Å². The number of hydrogen-bond donors (Lipinski definition) is 0. The molecule has 4 saturated carbocycles. The van der Waals surface area contributed by atoms with Crippen LogP contribution in [-0.4, -0.2) is 54.0 Å². The Morgan fingerprint density at radius 1 is 0.643 bits per heavy atom. The highest BCUT2D eigenvalue weighted by atomic mass is 16.5. The summed E-state index contributed by atoms with van der Waals surface area (Å²) in [5, 5.41) is 0. The second-order valence-electron chi connectivity index (χ2n) is 9.46. The van der Waals surface area contributed by atoms with Crippen molar-refractivity contribution in [3.63, 3.8) is 0 Å².